The molecule has 1 aliphatic carbocycles. The van der Waals surface area contributed by atoms with Gasteiger partial charge in [0.25, 0.3) is 0 Å². The summed E-state index contributed by atoms with van der Waals surface area (Å²) in [6.45, 7) is 4.03. The Hall–Kier alpha value is -1.46. The molecular weight excluding hydrogens is 330 g/mol. The molecule has 1 aromatic carbocycles. The highest BCUT2D eigenvalue weighted by Crippen LogP contribution is 2.34. The smallest absolute Gasteiger partial charge is 0.237 e. The van der Waals surface area contributed by atoms with Gasteiger partial charge in [0.1, 0.15) is 0 Å². The molecule has 0 spiro atoms. The Morgan fingerprint density at radius 3 is 2.64 bits per heavy atom. The number of thiazole rings is 1. The van der Waals surface area contributed by atoms with Crippen molar-refractivity contribution in [1.29, 1.82) is 0 Å². The number of nitrogens with zero attached hydrogens (tertiary/aromatic N) is 2. The molecule has 4 nitrogen and oxygen atoms in total. The minimum absolute atomic E-state index is 0.0167. The molecule has 1 saturated heterocycles. The number of carbonyl (C=O) groups is 1. The van der Waals surface area contributed by atoms with E-state index in [4.69, 9.17) is 4.98 Å². The average Bonchev–Trinajstić information content (AvgIpc) is 3.30. The lowest BCUT2D eigenvalue weighted by Gasteiger charge is -2.35. The van der Waals surface area contributed by atoms with E-state index in [1.165, 1.54) is 22.5 Å². The molecule has 1 aromatic heterocycles. The van der Waals surface area contributed by atoms with Gasteiger partial charge in [-0.05, 0) is 57.8 Å². The summed E-state index contributed by atoms with van der Waals surface area (Å²) in [4.78, 5) is 19.7. The van der Waals surface area contributed by atoms with Crippen molar-refractivity contribution < 1.29 is 4.79 Å². The zero-order valence-electron chi connectivity index (χ0n) is 14.9. The van der Waals surface area contributed by atoms with Crippen molar-refractivity contribution in [3.63, 3.8) is 0 Å². The van der Waals surface area contributed by atoms with E-state index >= 15 is 0 Å². The van der Waals surface area contributed by atoms with Crippen LogP contribution in [0.5, 0.6) is 0 Å². The molecule has 0 unspecified atom stereocenters. The number of nitrogens with one attached hydrogen (secondary N) is 1. The van der Waals surface area contributed by atoms with Crippen molar-refractivity contribution in [1.82, 2.24) is 15.2 Å². The van der Waals surface area contributed by atoms with Gasteiger partial charge in [0.05, 0.1) is 21.3 Å². The highest BCUT2D eigenvalue weighted by atomic mass is 32.1. The highest BCUT2D eigenvalue weighted by Gasteiger charge is 2.29. The van der Waals surface area contributed by atoms with Crippen molar-refractivity contribution in [2.45, 2.75) is 63.5 Å². The van der Waals surface area contributed by atoms with E-state index in [1.807, 2.05) is 11.3 Å². The third kappa shape index (κ3) is 3.72. The van der Waals surface area contributed by atoms with E-state index in [0.717, 1.165) is 44.3 Å². The molecule has 2 heterocycles. The van der Waals surface area contributed by atoms with Gasteiger partial charge < -0.3 is 5.32 Å². The molecule has 2 aliphatic rings. The van der Waals surface area contributed by atoms with Gasteiger partial charge in [-0.1, -0.05) is 25.0 Å². The first-order valence-corrected chi connectivity index (χ1v) is 10.4. The summed E-state index contributed by atoms with van der Waals surface area (Å²) in [6, 6.07) is 8.78. The van der Waals surface area contributed by atoms with E-state index in [2.05, 4.69) is 41.4 Å². The second kappa shape index (κ2) is 7.42. The molecular formula is C20H27N3OS. The number of para-hydroxylation sites is 1. The molecule has 2 aromatic rings. The number of piperidine rings is 1. The molecule has 1 saturated carbocycles. The maximum atomic E-state index is 12.5. The van der Waals surface area contributed by atoms with Gasteiger partial charge in [0, 0.05) is 12.0 Å². The Kier molecular flexibility index (Phi) is 5.04. The predicted octanol–water partition coefficient (Wildman–Crippen LogP) is 3.92. The van der Waals surface area contributed by atoms with Crippen molar-refractivity contribution in [2.75, 3.05) is 13.1 Å². The number of fused-ring (bicyclic) bond motifs is 1. The second-order valence-electron chi connectivity index (χ2n) is 7.50. The summed E-state index contributed by atoms with van der Waals surface area (Å²) in [5, 5.41) is 4.51. The number of benzene rings is 1. The maximum absolute atomic E-state index is 12.5. The third-order valence-corrected chi connectivity index (χ3v) is 7.02. The van der Waals surface area contributed by atoms with Crippen LogP contribution in [0.2, 0.25) is 0 Å². The first kappa shape index (κ1) is 17.0. The van der Waals surface area contributed by atoms with Gasteiger partial charge in [-0.3, -0.25) is 9.69 Å². The lowest BCUT2D eigenvalue weighted by Crippen LogP contribution is -2.49. The van der Waals surface area contributed by atoms with Gasteiger partial charge in [-0.15, -0.1) is 11.3 Å². The fraction of sp³-hybridized carbons (Fsp3) is 0.600. The highest BCUT2D eigenvalue weighted by molar-refractivity contribution is 7.18. The first-order valence-electron chi connectivity index (χ1n) is 9.60. The van der Waals surface area contributed by atoms with Crippen molar-refractivity contribution in [2.24, 2.45) is 0 Å². The van der Waals surface area contributed by atoms with Crippen LogP contribution in [-0.4, -0.2) is 41.0 Å². The van der Waals surface area contributed by atoms with Crippen molar-refractivity contribution in [3.05, 3.63) is 29.3 Å². The van der Waals surface area contributed by atoms with Gasteiger partial charge in [0.15, 0.2) is 0 Å². The molecule has 5 heteroatoms. The Morgan fingerprint density at radius 1 is 1.20 bits per heavy atom. The number of likely N-dealkylation sites (tertiary alicyclic amines) is 1. The van der Waals surface area contributed by atoms with E-state index in [0.29, 0.717) is 12.0 Å². The Labute approximate surface area is 153 Å². The SMILES string of the molecule is C[C@H](C(=O)NC1CCCC1)N1CCC(c2nc3ccccc3s2)CC1. The minimum atomic E-state index is -0.0167. The molecule has 1 N–H and O–H groups in total. The number of amides is 1. The van der Waals surface area contributed by atoms with Crippen LogP contribution in [0.4, 0.5) is 0 Å². The summed E-state index contributed by atoms with van der Waals surface area (Å²) in [6.07, 6.45) is 7.01. The fourth-order valence-electron chi connectivity index (χ4n) is 4.16. The molecule has 2 fully saturated rings. The van der Waals surface area contributed by atoms with Crippen molar-refractivity contribution in [3.8, 4) is 0 Å². The molecule has 1 atom stereocenters. The van der Waals surface area contributed by atoms with Gasteiger partial charge in [0.2, 0.25) is 5.91 Å². The van der Waals surface area contributed by atoms with E-state index in [9.17, 15) is 4.79 Å². The minimum Gasteiger partial charge on any atom is -0.352 e. The van der Waals surface area contributed by atoms with Crippen LogP contribution in [0.3, 0.4) is 0 Å². The maximum Gasteiger partial charge on any atom is 0.237 e. The molecule has 25 heavy (non-hydrogen) atoms. The standard InChI is InChI=1S/C20H27N3OS/c1-14(19(24)21-16-6-2-3-7-16)23-12-10-15(11-13-23)20-22-17-8-4-5-9-18(17)25-20/h4-5,8-9,14-16H,2-3,6-7,10-13H2,1H3,(H,21,24)/t14-/m1/s1. The molecule has 0 radical (unpaired) electrons. The lowest BCUT2D eigenvalue weighted by atomic mass is 9.96. The molecule has 4 rings (SSSR count). The van der Waals surface area contributed by atoms with Crippen LogP contribution in [-0.2, 0) is 4.79 Å². The normalized spacial score (nSPS) is 21.6. The van der Waals surface area contributed by atoms with Crippen LogP contribution in [0.1, 0.15) is 56.4 Å². The van der Waals surface area contributed by atoms with Crippen LogP contribution >= 0.6 is 11.3 Å². The summed E-state index contributed by atoms with van der Waals surface area (Å²) < 4.78 is 1.28. The number of carbonyl (C=O) groups excluding carboxylic acids is 1. The Bertz CT molecular complexity index is 696. The molecule has 1 aliphatic heterocycles. The zero-order valence-corrected chi connectivity index (χ0v) is 15.7. The van der Waals surface area contributed by atoms with E-state index in [1.54, 1.807) is 0 Å². The van der Waals surface area contributed by atoms with Crippen LogP contribution in [0.25, 0.3) is 10.2 Å². The Balaban J connectivity index is 1.33. The topological polar surface area (TPSA) is 45.2 Å². The summed E-state index contributed by atoms with van der Waals surface area (Å²) in [5.74, 6) is 0.754. The number of hydrogen-bond acceptors (Lipinski definition) is 4. The number of aromatic nitrogens is 1. The largest absolute Gasteiger partial charge is 0.352 e. The van der Waals surface area contributed by atoms with Crippen molar-refractivity contribution >= 4 is 27.5 Å². The Morgan fingerprint density at radius 2 is 1.92 bits per heavy atom. The number of hydrogen-bond donors (Lipinski definition) is 1. The fourth-order valence-corrected chi connectivity index (χ4v) is 5.29. The quantitative estimate of drug-likeness (QED) is 0.902. The molecule has 134 valence electrons. The number of rotatable bonds is 4. The predicted molar refractivity (Wildman–Crippen MR) is 103 cm³/mol. The average molecular weight is 358 g/mol. The third-order valence-electron chi connectivity index (χ3n) is 5.82. The molecule has 1 amide bonds. The first-order chi connectivity index (χ1) is 12.2. The monoisotopic (exact) mass is 357 g/mol. The van der Waals surface area contributed by atoms with E-state index < -0.39 is 0 Å². The van der Waals surface area contributed by atoms with Gasteiger partial charge >= 0.3 is 0 Å². The summed E-state index contributed by atoms with van der Waals surface area (Å²) in [7, 11) is 0. The second-order valence-corrected chi connectivity index (χ2v) is 8.56. The molecule has 0 bridgehead atoms. The van der Waals surface area contributed by atoms with Gasteiger partial charge in [-0.25, -0.2) is 4.98 Å². The lowest BCUT2D eigenvalue weighted by molar-refractivity contribution is -0.127. The summed E-state index contributed by atoms with van der Waals surface area (Å²) in [5.41, 5.74) is 1.12. The van der Waals surface area contributed by atoms with Crippen LogP contribution < -0.4 is 5.32 Å². The van der Waals surface area contributed by atoms with E-state index in [-0.39, 0.29) is 11.9 Å². The summed E-state index contributed by atoms with van der Waals surface area (Å²) >= 11 is 1.83. The van der Waals surface area contributed by atoms with Crippen LogP contribution in [0, 0.1) is 0 Å². The van der Waals surface area contributed by atoms with Crippen LogP contribution in [0.15, 0.2) is 24.3 Å². The van der Waals surface area contributed by atoms with Gasteiger partial charge in [-0.2, -0.15) is 0 Å². The zero-order chi connectivity index (χ0) is 17.2.